The standard InChI is InChI=1S/C16H15FN2O/c1-10-8-12(3-5-14(10)17)16(20)19-7-6-11-2-4-13(18)9-15(11)19/h2-5,8-9H,6-7,18H2,1H3. The van der Waals surface area contributed by atoms with Gasteiger partial charge in [-0.2, -0.15) is 0 Å². The number of hydrogen-bond acceptors (Lipinski definition) is 2. The number of benzene rings is 2. The highest BCUT2D eigenvalue weighted by molar-refractivity contribution is 6.07. The molecule has 4 heteroatoms. The molecule has 1 aliphatic heterocycles. The third-order valence-electron chi connectivity index (χ3n) is 3.65. The number of nitrogens with two attached hydrogens (primary N) is 1. The summed E-state index contributed by atoms with van der Waals surface area (Å²) in [6, 6.07) is 10.1. The van der Waals surface area contributed by atoms with Crippen molar-refractivity contribution in [2.45, 2.75) is 13.3 Å². The number of nitrogens with zero attached hydrogens (tertiary/aromatic N) is 1. The summed E-state index contributed by atoms with van der Waals surface area (Å²) in [6.07, 6.45) is 0.821. The Hall–Kier alpha value is -2.36. The van der Waals surface area contributed by atoms with E-state index < -0.39 is 0 Å². The van der Waals surface area contributed by atoms with Crippen molar-refractivity contribution in [1.29, 1.82) is 0 Å². The number of carbonyl (C=O) groups excluding carboxylic acids is 1. The average Bonchev–Trinajstić information content (AvgIpc) is 2.84. The predicted molar refractivity (Wildman–Crippen MR) is 77.4 cm³/mol. The molecule has 0 atom stereocenters. The van der Waals surface area contributed by atoms with Crippen LogP contribution in [0.25, 0.3) is 0 Å². The maximum absolute atomic E-state index is 13.3. The first-order valence-electron chi connectivity index (χ1n) is 6.52. The van der Waals surface area contributed by atoms with Gasteiger partial charge >= 0.3 is 0 Å². The smallest absolute Gasteiger partial charge is 0.258 e. The van der Waals surface area contributed by atoms with Gasteiger partial charge in [-0.05, 0) is 54.8 Å². The Morgan fingerprint density at radius 2 is 2.05 bits per heavy atom. The number of anilines is 2. The van der Waals surface area contributed by atoms with E-state index in [1.807, 2.05) is 18.2 Å². The van der Waals surface area contributed by atoms with Crippen molar-refractivity contribution < 1.29 is 9.18 Å². The van der Waals surface area contributed by atoms with E-state index in [2.05, 4.69) is 0 Å². The predicted octanol–water partition coefficient (Wildman–Crippen LogP) is 2.92. The first kappa shape index (κ1) is 12.7. The van der Waals surface area contributed by atoms with Gasteiger partial charge in [-0.15, -0.1) is 0 Å². The number of nitrogen functional groups attached to an aromatic ring is 1. The number of halogens is 1. The fraction of sp³-hybridized carbons (Fsp3) is 0.188. The van der Waals surface area contributed by atoms with Crippen LogP contribution in [0, 0.1) is 12.7 Å². The zero-order valence-electron chi connectivity index (χ0n) is 11.2. The van der Waals surface area contributed by atoms with E-state index in [9.17, 15) is 9.18 Å². The largest absolute Gasteiger partial charge is 0.399 e. The number of rotatable bonds is 1. The van der Waals surface area contributed by atoms with Crippen molar-refractivity contribution in [3.05, 3.63) is 58.9 Å². The molecule has 2 N–H and O–H groups in total. The Labute approximate surface area is 116 Å². The first-order valence-corrected chi connectivity index (χ1v) is 6.52. The van der Waals surface area contributed by atoms with Gasteiger partial charge in [-0.25, -0.2) is 4.39 Å². The van der Waals surface area contributed by atoms with Gasteiger partial charge < -0.3 is 10.6 Å². The quantitative estimate of drug-likeness (QED) is 0.810. The summed E-state index contributed by atoms with van der Waals surface area (Å²) in [4.78, 5) is 14.3. The molecule has 1 aliphatic rings. The molecule has 2 aromatic carbocycles. The van der Waals surface area contributed by atoms with Crippen LogP contribution in [-0.4, -0.2) is 12.5 Å². The monoisotopic (exact) mass is 270 g/mol. The van der Waals surface area contributed by atoms with Crippen molar-refractivity contribution >= 4 is 17.3 Å². The molecule has 102 valence electrons. The van der Waals surface area contributed by atoms with Crippen LogP contribution in [0.15, 0.2) is 36.4 Å². The van der Waals surface area contributed by atoms with Gasteiger partial charge in [0, 0.05) is 23.5 Å². The summed E-state index contributed by atoms with van der Waals surface area (Å²) < 4.78 is 13.3. The van der Waals surface area contributed by atoms with E-state index in [1.54, 1.807) is 17.9 Å². The van der Waals surface area contributed by atoms with Crippen LogP contribution >= 0.6 is 0 Å². The molecule has 0 saturated carbocycles. The van der Waals surface area contributed by atoms with Crippen LogP contribution in [-0.2, 0) is 6.42 Å². The van der Waals surface area contributed by atoms with Gasteiger partial charge in [0.15, 0.2) is 0 Å². The van der Waals surface area contributed by atoms with Crippen LogP contribution in [0.3, 0.4) is 0 Å². The summed E-state index contributed by atoms with van der Waals surface area (Å²) >= 11 is 0. The number of fused-ring (bicyclic) bond motifs is 1. The molecule has 0 unspecified atom stereocenters. The molecule has 3 nitrogen and oxygen atoms in total. The molecule has 0 aliphatic carbocycles. The van der Waals surface area contributed by atoms with Gasteiger partial charge in [0.2, 0.25) is 0 Å². The lowest BCUT2D eigenvalue weighted by atomic mass is 10.1. The molecule has 2 aromatic rings. The van der Waals surface area contributed by atoms with Crippen molar-refractivity contribution in [3.8, 4) is 0 Å². The van der Waals surface area contributed by atoms with Gasteiger partial charge in [-0.1, -0.05) is 6.07 Å². The maximum atomic E-state index is 13.3. The van der Waals surface area contributed by atoms with Crippen molar-refractivity contribution in [1.82, 2.24) is 0 Å². The van der Waals surface area contributed by atoms with Crippen LogP contribution in [0.1, 0.15) is 21.5 Å². The summed E-state index contributed by atoms with van der Waals surface area (Å²) in [5.41, 5.74) is 9.38. The van der Waals surface area contributed by atoms with E-state index in [4.69, 9.17) is 5.73 Å². The lowest BCUT2D eigenvalue weighted by molar-refractivity contribution is 0.0989. The highest BCUT2D eigenvalue weighted by Crippen LogP contribution is 2.31. The molecule has 0 spiro atoms. The molecule has 0 bridgehead atoms. The minimum atomic E-state index is -0.299. The van der Waals surface area contributed by atoms with E-state index in [-0.39, 0.29) is 11.7 Å². The zero-order valence-corrected chi connectivity index (χ0v) is 11.2. The lowest BCUT2D eigenvalue weighted by Crippen LogP contribution is -2.29. The van der Waals surface area contributed by atoms with Crippen LogP contribution < -0.4 is 10.6 Å². The number of aryl methyl sites for hydroxylation is 1. The molecule has 20 heavy (non-hydrogen) atoms. The second kappa shape index (κ2) is 4.63. The number of amides is 1. The topological polar surface area (TPSA) is 46.3 Å². The van der Waals surface area contributed by atoms with E-state index >= 15 is 0 Å². The third-order valence-corrected chi connectivity index (χ3v) is 3.65. The van der Waals surface area contributed by atoms with Gasteiger partial charge in [-0.3, -0.25) is 4.79 Å². The second-order valence-electron chi connectivity index (χ2n) is 5.06. The van der Waals surface area contributed by atoms with Gasteiger partial charge in [0.1, 0.15) is 5.82 Å². The van der Waals surface area contributed by atoms with Crippen molar-refractivity contribution in [3.63, 3.8) is 0 Å². The van der Waals surface area contributed by atoms with Crippen LogP contribution in [0.2, 0.25) is 0 Å². The van der Waals surface area contributed by atoms with E-state index in [0.717, 1.165) is 17.7 Å². The van der Waals surface area contributed by atoms with E-state index in [0.29, 0.717) is 23.4 Å². The molecular formula is C16H15FN2O. The Morgan fingerprint density at radius 1 is 1.25 bits per heavy atom. The van der Waals surface area contributed by atoms with E-state index in [1.165, 1.54) is 12.1 Å². The summed E-state index contributed by atoms with van der Waals surface area (Å²) in [5.74, 6) is -0.412. The Kier molecular flexibility index (Phi) is 2.93. The minimum Gasteiger partial charge on any atom is -0.399 e. The second-order valence-corrected chi connectivity index (χ2v) is 5.06. The number of carbonyl (C=O) groups is 1. The minimum absolute atomic E-state index is 0.113. The lowest BCUT2D eigenvalue weighted by Gasteiger charge is -2.18. The van der Waals surface area contributed by atoms with Gasteiger partial charge in [0.05, 0.1) is 0 Å². The Morgan fingerprint density at radius 3 is 2.80 bits per heavy atom. The normalized spacial score (nSPS) is 13.4. The third kappa shape index (κ3) is 2.03. The Balaban J connectivity index is 1.97. The fourth-order valence-corrected chi connectivity index (χ4v) is 2.54. The van der Waals surface area contributed by atoms with Crippen LogP contribution in [0.4, 0.5) is 15.8 Å². The number of hydrogen-bond donors (Lipinski definition) is 1. The molecule has 0 saturated heterocycles. The van der Waals surface area contributed by atoms with Crippen molar-refractivity contribution in [2.75, 3.05) is 17.2 Å². The van der Waals surface area contributed by atoms with Crippen LogP contribution in [0.5, 0.6) is 0 Å². The Bertz CT molecular complexity index is 697. The molecule has 1 amide bonds. The summed E-state index contributed by atoms with van der Waals surface area (Å²) in [5, 5.41) is 0. The highest BCUT2D eigenvalue weighted by Gasteiger charge is 2.25. The molecular weight excluding hydrogens is 255 g/mol. The summed E-state index contributed by atoms with van der Waals surface area (Å²) in [6.45, 7) is 2.29. The SMILES string of the molecule is Cc1cc(C(=O)N2CCc3ccc(N)cc32)ccc1F. The molecule has 3 rings (SSSR count). The highest BCUT2D eigenvalue weighted by atomic mass is 19.1. The zero-order chi connectivity index (χ0) is 14.3. The maximum Gasteiger partial charge on any atom is 0.258 e. The van der Waals surface area contributed by atoms with Crippen molar-refractivity contribution in [2.24, 2.45) is 0 Å². The molecule has 0 radical (unpaired) electrons. The summed E-state index contributed by atoms with van der Waals surface area (Å²) in [7, 11) is 0. The fourth-order valence-electron chi connectivity index (χ4n) is 2.54. The molecule has 1 heterocycles. The molecule has 0 fully saturated rings. The molecule has 0 aromatic heterocycles. The average molecular weight is 270 g/mol. The van der Waals surface area contributed by atoms with Gasteiger partial charge in [0.25, 0.3) is 5.91 Å². The first-order chi connectivity index (χ1) is 9.56.